The maximum absolute atomic E-state index is 13.2. The second-order valence-electron chi connectivity index (χ2n) is 12.6. The van der Waals surface area contributed by atoms with E-state index >= 15 is 0 Å². The first kappa shape index (κ1) is 35.7. The van der Waals surface area contributed by atoms with Gasteiger partial charge >= 0.3 is 0 Å². The van der Waals surface area contributed by atoms with Crippen LogP contribution in [0.2, 0.25) is 0 Å². The number of nitrogens with one attached hydrogen (secondary N) is 4. The van der Waals surface area contributed by atoms with Crippen molar-refractivity contribution in [1.82, 2.24) is 10.6 Å². The van der Waals surface area contributed by atoms with E-state index in [1.54, 1.807) is 72.8 Å². The molecule has 0 radical (unpaired) electrons. The fraction of sp³-hybridized carbons (Fsp3) is 0.250. The fourth-order valence-electron chi connectivity index (χ4n) is 6.59. The van der Waals surface area contributed by atoms with E-state index in [1.165, 1.54) is 13.8 Å². The third-order valence-corrected chi connectivity index (χ3v) is 8.84. The minimum absolute atomic E-state index is 0.306. The zero-order valence-electron chi connectivity index (χ0n) is 30.0. The van der Waals surface area contributed by atoms with Crippen LogP contribution in [0.4, 0.5) is 22.7 Å². The van der Waals surface area contributed by atoms with Gasteiger partial charge in [-0.05, 0) is 38.1 Å². The summed E-state index contributed by atoms with van der Waals surface area (Å²) in [6.07, 6.45) is -1.88. The van der Waals surface area contributed by atoms with Crippen molar-refractivity contribution in [3.63, 3.8) is 0 Å². The van der Waals surface area contributed by atoms with E-state index in [9.17, 15) is 19.2 Å². The number of benzene rings is 4. The van der Waals surface area contributed by atoms with Crippen molar-refractivity contribution in [1.29, 1.82) is 0 Å². The van der Waals surface area contributed by atoms with Gasteiger partial charge in [-0.2, -0.15) is 0 Å². The van der Waals surface area contributed by atoms with Gasteiger partial charge in [0, 0.05) is 49.2 Å². The minimum atomic E-state index is -0.940. The Balaban J connectivity index is 1.30. The number of aliphatic imine (C=N–C) groups is 2. The summed E-state index contributed by atoms with van der Waals surface area (Å²) in [5.74, 6) is -0.0935. The average Bonchev–Trinajstić information content (AvgIpc) is 3.16. The van der Waals surface area contributed by atoms with Gasteiger partial charge in [-0.25, -0.2) is 9.98 Å². The number of fused-ring (bicyclic) bond motifs is 4. The topological polar surface area (TPSA) is 178 Å². The summed E-state index contributed by atoms with van der Waals surface area (Å²) >= 11 is 0. The highest BCUT2D eigenvalue weighted by Crippen LogP contribution is 2.46. The second kappa shape index (κ2) is 15.1. The highest BCUT2D eigenvalue weighted by atomic mass is 16.5. The van der Waals surface area contributed by atoms with Gasteiger partial charge in [-0.3, -0.25) is 19.2 Å². The Morgan fingerprint density at radius 2 is 1.00 bits per heavy atom. The summed E-state index contributed by atoms with van der Waals surface area (Å²) in [6, 6.07) is 22.3. The molecule has 14 nitrogen and oxygen atoms in total. The van der Waals surface area contributed by atoms with Crippen LogP contribution in [0.15, 0.2) is 94.9 Å². The molecule has 4 atom stereocenters. The Labute approximate surface area is 311 Å². The number of amides is 4. The van der Waals surface area contributed by atoms with Gasteiger partial charge in [0.25, 0.3) is 11.8 Å². The Morgan fingerprint density at radius 1 is 0.611 bits per heavy atom. The first-order valence-corrected chi connectivity index (χ1v) is 17.5. The molecule has 4 N–H and O–H groups in total. The molecule has 0 bridgehead atoms. The van der Waals surface area contributed by atoms with Gasteiger partial charge in [-0.1, -0.05) is 36.4 Å². The molecule has 54 heavy (non-hydrogen) atoms. The van der Waals surface area contributed by atoms with Crippen molar-refractivity contribution >= 4 is 57.8 Å². The Morgan fingerprint density at radius 3 is 1.35 bits per heavy atom. The van der Waals surface area contributed by atoms with E-state index in [0.717, 1.165) is 0 Å². The molecule has 3 aliphatic rings. The number of hydrogen-bond donors (Lipinski definition) is 4. The van der Waals surface area contributed by atoms with Crippen LogP contribution in [-0.4, -0.2) is 72.6 Å². The first-order chi connectivity index (χ1) is 26.1. The summed E-state index contributed by atoms with van der Waals surface area (Å²) in [5, 5.41) is 11.7. The van der Waals surface area contributed by atoms with Crippen molar-refractivity contribution < 1.29 is 38.1 Å². The van der Waals surface area contributed by atoms with Crippen LogP contribution in [0, 0.1) is 0 Å². The van der Waals surface area contributed by atoms with Gasteiger partial charge in [-0.15, -0.1) is 0 Å². The number of carbonyl (C=O) groups excluding carboxylic acids is 4. The normalized spacial score (nSPS) is 19.0. The molecule has 1 fully saturated rings. The van der Waals surface area contributed by atoms with Crippen molar-refractivity contribution in [2.75, 3.05) is 23.8 Å². The quantitative estimate of drug-likeness (QED) is 0.168. The summed E-state index contributed by atoms with van der Waals surface area (Å²) in [5.41, 5.74) is 3.12. The highest BCUT2D eigenvalue weighted by molar-refractivity contribution is 6.16. The molecule has 2 aliphatic heterocycles. The Hall–Kier alpha value is -6.70. The first-order valence-electron chi connectivity index (χ1n) is 17.5. The molecule has 4 aromatic rings. The van der Waals surface area contributed by atoms with Gasteiger partial charge in [0.2, 0.25) is 11.8 Å². The molecule has 7 rings (SSSR count). The van der Waals surface area contributed by atoms with Gasteiger partial charge in [0.1, 0.15) is 46.5 Å². The van der Waals surface area contributed by atoms with Crippen LogP contribution in [-0.2, 0) is 9.59 Å². The largest absolute Gasteiger partial charge is 0.492 e. The maximum atomic E-state index is 13.2. The molecule has 4 amide bonds. The lowest BCUT2D eigenvalue weighted by molar-refractivity contribution is -0.121. The third kappa shape index (κ3) is 7.18. The molecule has 14 heteroatoms. The molecular formula is C40H38N6O8. The van der Waals surface area contributed by atoms with Crippen LogP contribution in [0.1, 0.15) is 48.4 Å². The van der Waals surface area contributed by atoms with Crippen LogP contribution < -0.4 is 40.2 Å². The third-order valence-electron chi connectivity index (χ3n) is 8.84. The Bertz CT molecular complexity index is 2030. The molecule has 1 aliphatic carbocycles. The minimum Gasteiger partial charge on any atom is -0.492 e. The van der Waals surface area contributed by atoms with Crippen LogP contribution in [0.5, 0.6) is 23.0 Å². The molecule has 1 saturated carbocycles. The van der Waals surface area contributed by atoms with Crippen LogP contribution >= 0.6 is 0 Å². The molecule has 4 aromatic carbocycles. The zero-order chi connectivity index (χ0) is 37.9. The molecule has 4 unspecified atom stereocenters. The predicted molar refractivity (Wildman–Crippen MR) is 202 cm³/mol. The number of nitrogens with zero attached hydrogens (tertiary/aromatic N) is 2. The average molecular weight is 731 g/mol. The number of carbonyl (C=O) groups is 4. The smallest absolute Gasteiger partial charge is 0.255 e. The molecule has 2 heterocycles. The van der Waals surface area contributed by atoms with Crippen molar-refractivity contribution in [3.05, 3.63) is 96.1 Å². The predicted octanol–water partition coefficient (Wildman–Crippen LogP) is 5.38. The molecule has 0 saturated heterocycles. The number of rotatable bonds is 10. The number of anilines is 2. The van der Waals surface area contributed by atoms with E-state index in [4.69, 9.17) is 28.9 Å². The van der Waals surface area contributed by atoms with E-state index in [1.807, 2.05) is 26.0 Å². The number of hydrogen-bond acceptors (Lipinski definition) is 10. The lowest BCUT2D eigenvalue weighted by Crippen LogP contribution is -2.71. The monoisotopic (exact) mass is 730 g/mol. The fourth-order valence-corrected chi connectivity index (χ4v) is 6.59. The second-order valence-corrected chi connectivity index (χ2v) is 12.6. The SMILES string of the molecule is CCOc1cc2c(cc1NC(=O)c1ccccc1)OC1C(=N2)C(NC(C)=O)C2Oc3cc(NC(=O)c4ccccc4)c(OCC)cc3N=C2C1NC(C)=O. The van der Waals surface area contributed by atoms with E-state index in [0.29, 0.717) is 81.5 Å². The molecule has 0 spiro atoms. The van der Waals surface area contributed by atoms with Gasteiger partial charge < -0.3 is 40.2 Å². The van der Waals surface area contributed by atoms with E-state index < -0.39 is 24.3 Å². The van der Waals surface area contributed by atoms with E-state index in [-0.39, 0.29) is 23.6 Å². The summed E-state index contributed by atoms with van der Waals surface area (Å²) in [4.78, 5) is 61.8. The molecule has 0 aromatic heterocycles. The van der Waals surface area contributed by atoms with Crippen molar-refractivity contribution in [2.45, 2.75) is 52.0 Å². The zero-order valence-corrected chi connectivity index (χ0v) is 30.0. The van der Waals surface area contributed by atoms with Crippen molar-refractivity contribution in [2.24, 2.45) is 9.98 Å². The van der Waals surface area contributed by atoms with Crippen molar-refractivity contribution in [3.8, 4) is 23.0 Å². The lowest BCUT2D eigenvalue weighted by Gasteiger charge is -2.46. The van der Waals surface area contributed by atoms with E-state index in [2.05, 4.69) is 21.3 Å². The summed E-state index contributed by atoms with van der Waals surface area (Å²) < 4.78 is 25.0. The summed E-state index contributed by atoms with van der Waals surface area (Å²) in [7, 11) is 0. The standard InChI is InChI=1S/C40H38N6O8/c1-5-51-29-17-27-31(19-25(29)45-39(49)23-13-9-7-10-14-23)53-37-34(42-22(4)48)36-38(33(35(37)43-27)41-21(3)47)54-32-20-26(30(52-6-2)18-28(32)44-36)46-40(50)24-15-11-8-12-16-24/h7-20,33-34,37-38H,5-6H2,1-4H3,(H,41,47)(H,42,48)(H,45,49)(H,46,50). The van der Waals surface area contributed by atoms with Crippen LogP contribution in [0.3, 0.4) is 0 Å². The number of ether oxygens (including phenoxy) is 4. The van der Waals surface area contributed by atoms with Gasteiger partial charge in [0.05, 0.1) is 36.0 Å². The Kier molecular flexibility index (Phi) is 9.99. The highest BCUT2D eigenvalue weighted by Gasteiger charge is 2.53. The van der Waals surface area contributed by atoms with Gasteiger partial charge in [0.15, 0.2) is 12.2 Å². The van der Waals surface area contributed by atoms with Crippen LogP contribution in [0.25, 0.3) is 0 Å². The maximum Gasteiger partial charge on any atom is 0.255 e. The lowest BCUT2D eigenvalue weighted by atomic mass is 9.80. The molecule has 276 valence electrons. The molecular weight excluding hydrogens is 692 g/mol. The summed E-state index contributed by atoms with van der Waals surface area (Å²) in [6.45, 7) is 7.01.